The number of carbonyl (C=O) groups is 2. The van der Waals surface area contributed by atoms with Crippen LogP contribution in [0.15, 0.2) is 18.6 Å². The second-order valence-corrected chi connectivity index (χ2v) is 7.01. The molecule has 2 aromatic rings. The summed E-state index contributed by atoms with van der Waals surface area (Å²) in [6, 6.07) is 2.20. The summed E-state index contributed by atoms with van der Waals surface area (Å²) in [4.78, 5) is 33.5. The summed E-state index contributed by atoms with van der Waals surface area (Å²) in [5.41, 5.74) is 1.62. The predicted octanol–water partition coefficient (Wildman–Crippen LogP) is 2.86. The van der Waals surface area contributed by atoms with E-state index in [9.17, 15) is 14.9 Å². The highest BCUT2D eigenvalue weighted by Gasteiger charge is 2.26. The number of ether oxygens (including phenoxy) is 1. The molecule has 0 aliphatic heterocycles. The lowest BCUT2D eigenvalue weighted by Crippen LogP contribution is -2.32. The maximum absolute atomic E-state index is 12.6. The van der Waals surface area contributed by atoms with Crippen molar-refractivity contribution in [3.63, 3.8) is 0 Å². The van der Waals surface area contributed by atoms with Crippen molar-refractivity contribution in [1.82, 2.24) is 9.97 Å². The van der Waals surface area contributed by atoms with Crippen molar-refractivity contribution in [2.24, 2.45) is 0 Å². The number of aromatic nitrogens is 2. The number of nitrogens with zero attached hydrogens (tertiary/aromatic N) is 3. The lowest BCUT2D eigenvalue weighted by molar-refractivity contribution is -0.124. The second kappa shape index (κ2) is 8.06. The molecule has 0 saturated heterocycles. The highest BCUT2D eigenvalue weighted by molar-refractivity contribution is 7.16. The molecule has 1 amide bonds. The fourth-order valence-corrected chi connectivity index (χ4v) is 4.12. The van der Waals surface area contributed by atoms with Gasteiger partial charge in [-0.2, -0.15) is 5.26 Å². The number of nitriles is 1. The Labute approximate surface area is 155 Å². The quantitative estimate of drug-likeness (QED) is 0.812. The Kier molecular flexibility index (Phi) is 5.58. The Morgan fingerprint density at radius 3 is 2.88 bits per heavy atom. The van der Waals surface area contributed by atoms with Crippen molar-refractivity contribution < 1.29 is 14.3 Å². The first-order valence-electron chi connectivity index (χ1n) is 8.46. The lowest BCUT2D eigenvalue weighted by atomic mass is 9.96. The van der Waals surface area contributed by atoms with Crippen LogP contribution < -0.4 is 5.32 Å². The zero-order chi connectivity index (χ0) is 18.5. The lowest BCUT2D eigenvalue weighted by Gasteiger charge is -2.15. The van der Waals surface area contributed by atoms with Gasteiger partial charge in [0.2, 0.25) is 0 Å². The first-order valence-corrected chi connectivity index (χ1v) is 9.28. The van der Waals surface area contributed by atoms with E-state index in [2.05, 4.69) is 21.4 Å². The number of aryl methyl sites for hydroxylation is 1. The van der Waals surface area contributed by atoms with Gasteiger partial charge in [0.05, 0.1) is 11.8 Å². The fourth-order valence-electron chi connectivity index (χ4n) is 2.88. The molecular formula is C18H18N4O3S. The van der Waals surface area contributed by atoms with Gasteiger partial charge in [0.25, 0.3) is 5.91 Å². The number of carbonyl (C=O) groups excluding carboxylic acids is 2. The molecule has 7 nitrogen and oxygen atoms in total. The Hall–Kier alpha value is -2.79. The molecule has 1 aliphatic carbocycles. The highest BCUT2D eigenvalue weighted by Crippen LogP contribution is 2.37. The maximum atomic E-state index is 12.6. The van der Waals surface area contributed by atoms with E-state index < -0.39 is 18.0 Å². The number of fused-ring (bicyclic) bond motifs is 1. The average Bonchev–Trinajstić information content (AvgIpc) is 3.03. The SMILES string of the molecule is CCC(OC(=O)c1cnccn1)C(=O)Nc1sc2c(c1C#N)CCCC2. The maximum Gasteiger partial charge on any atom is 0.359 e. The van der Waals surface area contributed by atoms with Gasteiger partial charge < -0.3 is 10.1 Å². The molecule has 0 radical (unpaired) electrons. The van der Waals surface area contributed by atoms with Gasteiger partial charge in [0.1, 0.15) is 11.1 Å². The number of hydrogen-bond donors (Lipinski definition) is 1. The molecule has 8 heteroatoms. The van der Waals surface area contributed by atoms with E-state index in [1.807, 2.05) is 0 Å². The van der Waals surface area contributed by atoms with E-state index in [4.69, 9.17) is 4.74 Å². The number of esters is 1. The summed E-state index contributed by atoms with van der Waals surface area (Å²) >= 11 is 1.44. The summed E-state index contributed by atoms with van der Waals surface area (Å²) in [6.07, 6.45) is 7.41. The monoisotopic (exact) mass is 370 g/mol. The van der Waals surface area contributed by atoms with Gasteiger partial charge in [-0.05, 0) is 37.7 Å². The van der Waals surface area contributed by atoms with Gasteiger partial charge in [-0.25, -0.2) is 9.78 Å². The minimum Gasteiger partial charge on any atom is -0.447 e. The number of rotatable bonds is 5. The van der Waals surface area contributed by atoms with Gasteiger partial charge in [-0.3, -0.25) is 9.78 Å². The molecule has 2 aromatic heterocycles. The van der Waals surface area contributed by atoms with Gasteiger partial charge in [-0.1, -0.05) is 6.92 Å². The third-order valence-corrected chi connectivity index (χ3v) is 5.41. The average molecular weight is 370 g/mol. The molecule has 0 fully saturated rings. The zero-order valence-corrected chi connectivity index (χ0v) is 15.1. The molecule has 0 saturated carbocycles. The molecule has 1 atom stereocenters. The van der Waals surface area contributed by atoms with Crippen LogP contribution in [0.25, 0.3) is 0 Å². The van der Waals surface area contributed by atoms with Gasteiger partial charge in [-0.15, -0.1) is 11.3 Å². The largest absolute Gasteiger partial charge is 0.447 e. The Morgan fingerprint density at radius 1 is 1.38 bits per heavy atom. The van der Waals surface area contributed by atoms with Crippen LogP contribution in [-0.4, -0.2) is 27.9 Å². The van der Waals surface area contributed by atoms with E-state index >= 15 is 0 Å². The van der Waals surface area contributed by atoms with Crippen LogP contribution in [0.2, 0.25) is 0 Å². The van der Waals surface area contributed by atoms with Crippen molar-refractivity contribution in [2.45, 2.75) is 45.1 Å². The van der Waals surface area contributed by atoms with Crippen LogP contribution >= 0.6 is 11.3 Å². The van der Waals surface area contributed by atoms with E-state index in [1.165, 1.54) is 29.9 Å². The first kappa shape index (κ1) is 18.0. The molecular weight excluding hydrogens is 352 g/mol. The number of anilines is 1. The van der Waals surface area contributed by atoms with Crippen molar-refractivity contribution in [1.29, 1.82) is 5.26 Å². The molecule has 0 spiro atoms. The Bertz CT molecular complexity index is 857. The third kappa shape index (κ3) is 3.73. The second-order valence-electron chi connectivity index (χ2n) is 5.91. The van der Waals surface area contributed by atoms with E-state index in [-0.39, 0.29) is 5.69 Å². The molecule has 0 bridgehead atoms. The summed E-state index contributed by atoms with van der Waals surface area (Å²) in [7, 11) is 0. The van der Waals surface area contributed by atoms with Gasteiger partial charge >= 0.3 is 5.97 Å². The van der Waals surface area contributed by atoms with Crippen LogP contribution in [0.4, 0.5) is 5.00 Å². The van der Waals surface area contributed by atoms with E-state index in [0.717, 1.165) is 36.1 Å². The number of nitrogens with one attached hydrogen (secondary N) is 1. The molecule has 1 N–H and O–H groups in total. The van der Waals surface area contributed by atoms with Crippen LogP contribution in [0, 0.1) is 11.3 Å². The van der Waals surface area contributed by atoms with Crippen LogP contribution in [0.1, 0.15) is 52.7 Å². The standard InChI is InChI=1S/C18H18N4O3S/c1-2-14(25-18(24)13-10-20-7-8-21-13)16(23)22-17-12(9-19)11-5-3-4-6-15(11)26-17/h7-8,10,14H,2-6H2,1H3,(H,22,23). The summed E-state index contributed by atoms with van der Waals surface area (Å²) in [6.45, 7) is 1.75. The van der Waals surface area contributed by atoms with Crippen molar-refractivity contribution in [3.05, 3.63) is 40.3 Å². The number of hydrogen-bond acceptors (Lipinski definition) is 7. The smallest absolute Gasteiger partial charge is 0.359 e. The topological polar surface area (TPSA) is 105 Å². The molecule has 2 heterocycles. The number of thiophene rings is 1. The highest BCUT2D eigenvalue weighted by atomic mass is 32.1. The van der Waals surface area contributed by atoms with Crippen LogP contribution in [-0.2, 0) is 22.4 Å². The Balaban J connectivity index is 1.73. The molecule has 1 unspecified atom stereocenters. The molecule has 3 rings (SSSR count). The van der Waals surface area contributed by atoms with Crippen molar-refractivity contribution in [3.8, 4) is 6.07 Å². The van der Waals surface area contributed by atoms with E-state index in [0.29, 0.717) is 17.0 Å². The summed E-state index contributed by atoms with van der Waals surface area (Å²) in [5.74, 6) is -1.15. The zero-order valence-electron chi connectivity index (χ0n) is 14.3. The van der Waals surface area contributed by atoms with Crippen molar-refractivity contribution in [2.75, 3.05) is 5.32 Å². The predicted molar refractivity (Wildman–Crippen MR) is 95.8 cm³/mol. The number of amides is 1. The van der Waals surface area contributed by atoms with E-state index in [1.54, 1.807) is 6.92 Å². The van der Waals surface area contributed by atoms with Crippen molar-refractivity contribution >= 4 is 28.2 Å². The third-order valence-electron chi connectivity index (χ3n) is 4.20. The fraction of sp³-hybridized carbons (Fsp3) is 0.389. The minimum atomic E-state index is -0.963. The van der Waals surface area contributed by atoms with Crippen LogP contribution in [0.3, 0.4) is 0 Å². The van der Waals surface area contributed by atoms with Crippen LogP contribution in [0.5, 0.6) is 0 Å². The van der Waals surface area contributed by atoms with Gasteiger partial charge in [0.15, 0.2) is 11.8 Å². The summed E-state index contributed by atoms with van der Waals surface area (Å²) < 4.78 is 5.26. The minimum absolute atomic E-state index is 0.0445. The molecule has 0 aromatic carbocycles. The summed E-state index contributed by atoms with van der Waals surface area (Å²) in [5, 5.41) is 12.8. The first-order chi connectivity index (χ1) is 12.6. The van der Waals surface area contributed by atoms with Gasteiger partial charge in [0, 0.05) is 17.3 Å². The normalized spacial score (nSPS) is 14.0. The molecule has 134 valence electrons. The Morgan fingerprint density at radius 2 is 2.19 bits per heavy atom. The molecule has 26 heavy (non-hydrogen) atoms. The molecule has 1 aliphatic rings.